The van der Waals surface area contributed by atoms with E-state index < -0.39 is 0 Å². The molecule has 0 heterocycles. The second-order valence-electron chi connectivity index (χ2n) is 7.07. The van der Waals surface area contributed by atoms with Crippen LogP contribution in [-0.4, -0.2) is 19.2 Å². The van der Waals surface area contributed by atoms with Crippen molar-refractivity contribution in [3.63, 3.8) is 0 Å². The predicted molar refractivity (Wildman–Crippen MR) is 80.9 cm³/mol. The summed E-state index contributed by atoms with van der Waals surface area (Å²) >= 11 is 0. The molecule has 1 aliphatic carbocycles. The van der Waals surface area contributed by atoms with Gasteiger partial charge in [0.05, 0.1) is 7.11 Å². The summed E-state index contributed by atoms with van der Waals surface area (Å²) in [4.78, 5) is 0. The minimum Gasteiger partial charge on any atom is -0.496 e. The zero-order valence-corrected chi connectivity index (χ0v) is 13.1. The minimum atomic E-state index is 0.159. The number of hydrogen-bond acceptors (Lipinski definition) is 2. The summed E-state index contributed by atoms with van der Waals surface area (Å²) in [5, 5.41) is 3.67. The van der Waals surface area contributed by atoms with Gasteiger partial charge in [-0.05, 0) is 46.1 Å². The third-order valence-electron chi connectivity index (χ3n) is 4.28. The standard InChI is InChI=1S/C17H27NO/c1-12-7-8-15(19-6)14(9-12)17(10-13(17)2)11-18-16(3,4)5/h7-9,13,18H,10-11H2,1-6H3. The molecule has 0 amide bonds. The van der Waals surface area contributed by atoms with Gasteiger partial charge in [-0.2, -0.15) is 0 Å². The third-order valence-corrected chi connectivity index (χ3v) is 4.28. The van der Waals surface area contributed by atoms with Gasteiger partial charge in [0.2, 0.25) is 0 Å². The zero-order chi connectivity index (χ0) is 14.3. The smallest absolute Gasteiger partial charge is 0.122 e. The highest BCUT2D eigenvalue weighted by atomic mass is 16.5. The molecule has 2 nitrogen and oxygen atoms in total. The summed E-state index contributed by atoms with van der Waals surface area (Å²) in [5.41, 5.74) is 3.10. The van der Waals surface area contributed by atoms with Gasteiger partial charge < -0.3 is 10.1 Å². The molecule has 1 N–H and O–H groups in total. The van der Waals surface area contributed by atoms with E-state index in [0.717, 1.165) is 18.2 Å². The number of hydrogen-bond donors (Lipinski definition) is 1. The highest BCUT2D eigenvalue weighted by molar-refractivity contribution is 5.47. The van der Waals surface area contributed by atoms with E-state index in [9.17, 15) is 0 Å². The molecular formula is C17H27NO. The maximum atomic E-state index is 5.58. The van der Waals surface area contributed by atoms with E-state index in [1.807, 2.05) is 0 Å². The second-order valence-corrected chi connectivity index (χ2v) is 7.07. The van der Waals surface area contributed by atoms with Crippen LogP contribution in [0.3, 0.4) is 0 Å². The number of nitrogens with one attached hydrogen (secondary N) is 1. The fourth-order valence-electron chi connectivity index (χ4n) is 2.84. The van der Waals surface area contributed by atoms with Crippen LogP contribution in [-0.2, 0) is 5.41 Å². The molecule has 1 saturated carbocycles. The molecule has 0 saturated heterocycles. The lowest BCUT2D eigenvalue weighted by molar-refractivity contribution is 0.373. The average Bonchev–Trinajstić information content (AvgIpc) is 2.98. The molecule has 1 aliphatic rings. The van der Waals surface area contributed by atoms with Gasteiger partial charge in [-0.3, -0.25) is 0 Å². The summed E-state index contributed by atoms with van der Waals surface area (Å²) in [6.07, 6.45) is 1.25. The van der Waals surface area contributed by atoms with Crippen LogP contribution in [0.15, 0.2) is 18.2 Å². The molecule has 2 atom stereocenters. The van der Waals surface area contributed by atoms with Crippen molar-refractivity contribution in [1.29, 1.82) is 0 Å². The Bertz CT molecular complexity index is 461. The summed E-state index contributed by atoms with van der Waals surface area (Å²) < 4.78 is 5.58. The van der Waals surface area contributed by atoms with Crippen LogP contribution < -0.4 is 10.1 Å². The van der Waals surface area contributed by atoms with Crippen molar-refractivity contribution in [1.82, 2.24) is 5.32 Å². The van der Waals surface area contributed by atoms with Crippen LogP contribution >= 0.6 is 0 Å². The first-order valence-corrected chi connectivity index (χ1v) is 7.19. The lowest BCUT2D eigenvalue weighted by atomic mass is 9.90. The van der Waals surface area contributed by atoms with Crippen molar-refractivity contribution in [3.8, 4) is 5.75 Å². The van der Waals surface area contributed by atoms with E-state index in [1.54, 1.807) is 7.11 Å². The number of rotatable bonds is 4. The van der Waals surface area contributed by atoms with Gasteiger partial charge in [-0.15, -0.1) is 0 Å². The summed E-state index contributed by atoms with van der Waals surface area (Å²) in [6.45, 7) is 12.2. The second kappa shape index (κ2) is 4.82. The maximum absolute atomic E-state index is 5.58. The maximum Gasteiger partial charge on any atom is 0.122 e. The number of benzene rings is 1. The molecule has 19 heavy (non-hydrogen) atoms. The van der Waals surface area contributed by atoms with E-state index in [-0.39, 0.29) is 11.0 Å². The van der Waals surface area contributed by atoms with Crippen LogP contribution in [0.4, 0.5) is 0 Å². The highest BCUT2D eigenvalue weighted by Gasteiger charge is 2.53. The molecule has 106 valence electrons. The first-order chi connectivity index (χ1) is 8.78. The Morgan fingerprint density at radius 3 is 2.47 bits per heavy atom. The Hall–Kier alpha value is -1.02. The molecule has 0 spiro atoms. The fraction of sp³-hybridized carbons (Fsp3) is 0.647. The van der Waals surface area contributed by atoms with E-state index in [0.29, 0.717) is 0 Å². The topological polar surface area (TPSA) is 21.3 Å². The van der Waals surface area contributed by atoms with Crippen LogP contribution in [0.25, 0.3) is 0 Å². The Kier molecular flexibility index (Phi) is 3.65. The Labute approximate surface area is 117 Å². The van der Waals surface area contributed by atoms with Crippen molar-refractivity contribution in [2.45, 2.75) is 52.0 Å². The fourth-order valence-corrected chi connectivity index (χ4v) is 2.84. The molecule has 0 aromatic heterocycles. The van der Waals surface area contributed by atoms with Crippen LogP contribution in [0.2, 0.25) is 0 Å². The Morgan fingerprint density at radius 1 is 1.37 bits per heavy atom. The number of ether oxygens (including phenoxy) is 1. The Balaban J connectivity index is 2.29. The molecule has 2 unspecified atom stereocenters. The zero-order valence-electron chi connectivity index (χ0n) is 13.1. The van der Waals surface area contributed by atoms with Gasteiger partial charge in [0.1, 0.15) is 5.75 Å². The van der Waals surface area contributed by atoms with Gasteiger partial charge in [-0.1, -0.05) is 24.6 Å². The molecule has 0 bridgehead atoms. The van der Waals surface area contributed by atoms with Crippen LogP contribution in [0.1, 0.15) is 45.2 Å². The van der Waals surface area contributed by atoms with Crippen LogP contribution in [0, 0.1) is 12.8 Å². The Morgan fingerprint density at radius 2 is 2.00 bits per heavy atom. The van der Waals surface area contributed by atoms with E-state index in [2.05, 4.69) is 58.1 Å². The lowest BCUT2D eigenvalue weighted by Gasteiger charge is -2.27. The molecule has 0 aliphatic heterocycles. The van der Waals surface area contributed by atoms with E-state index in [4.69, 9.17) is 4.74 Å². The minimum absolute atomic E-state index is 0.159. The normalized spacial score (nSPS) is 26.3. The largest absolute Gasteiger partial charge is 0.496 e. The molecule has 0 radical (unpaired) electrons. The van der Waals surface area contributed by atoms with Gasteiger partial charge in [0.25, 0.3) is 0 Å². The van der Waals surface area contributed by atoms with Gasteiger partial charge in [0, 0.05) is 23.1 Å². The first-order valence-electron chi connectivity index (χ1n) is 7.19. The lowest BCUT2D eigenvalue weighted by Crippen LogP contribution is -2.41. The summed E-state index contributed by atoms with van der Waals surface area (Å²) in [6, 6.07) is 6.53. The SMILES string of the molecule is COc1ccc(C)cc1C1(CNC(C)(C)C)CC1C. The molecular weight excluding hydrogens is 234 g/mol. The van der Waals surface area contributed by atoms with E-state index >= 15 is 0 Å². The number of aryl methyl sites for hydroxylation is 1. The van der Waals surface area contributed by atoms with E-state index in [1.165, 1.54) is 17.5 Å². The van der Waals surface area contributed by atoms with Gasteiger partial charge >= 0.3 is 0 Å². The third kappa shape index (κ3) is 2.94. The molecule has 1 aromatic rings. The van der Waals surface area contributed by atoms with Crippen molar-refractivity contribution < 1.29 is 4.74 Å². The molecule has 1 fully saturated rings. The van der Waals surface area contributed by atoms with Crippen molar-refractivity contribution in [3.05, 3.63) is 29.3 Å². The molecule has 2 heteroatoms. The van der Waals surface area contributed by atoms with Gasteiger partial charge in [-0.25, -0.2) is 0 Å². The highest BCUT2D eigenvalue weighted by Crippen LogP contribution is 2.56. The van der Waals surface area contributed by atoms with Crippen LogP contribution in [0.5, 0.6) is 5.75 Å². The number of methoxy groups -OCH3 is 1. The first kappa shape index (κ1) is 14.4. The van der Waals surface area contributed by atoms with Crippen molar-refractivity contribution in [2.24, 2.45) is 5.92 Å². The quantitative estimate of drug-likeness (QED) is 0.893. The predicted octanol–water partition coefficient (Wildman–Crippen LogP) is 3.67. The summed E-state index contributed by atoms with van der Waals surface area (Å²) in [7, 11) is 1.77. The molecule has 1 aromatic carbocycles. The average molecular weight is 261 g/mol. The van der Waals surface area contributed by atoms with Crippen molar-refractivity contribution in [2.75, 3.05) is 13.7 Å². The summed E-state index contributed by atoms with van der Waals surface area (Å²) in [5.74, 6) is 1.75. The monoisotopic (exact) mass is 261 g/mol. The van der Waals surface area contributed by atoms with Crippen molar-refractivity contribution >= 4 is 0 Å². The molecule has 2 rings (SSSR count). The van der Waals surface area contributed by atoms with Gasteiger partial charge in [0.15, 0.2) is 0 Å².